The van der Waals surface area contributed by atoms with Crippen molar-refractivity contribution in [2.75, 3.05) is 10.6 Å². The molecular formula is C19H22N2O3. The van der Waals surface area contributed by atoms with Crippen molar-refractivity contribution in [3.63, 3.8) is 0 Å². The Morgan fingerprint density at radius 2 is 1.50 bits per heavy atom. The van der Waals surface area contributed by atoms with Crippen molar-refractivity contribution < 1.29 is 14.3 Å². The van der Waals surface area contributed by atoms with Gasteiger partial charge in [0.25, 0.3) is 0 Å². The summed E-state index contributed by atoms with van der Waals surface area (Å²) in [5, 5.41) is 5.49. The van der Waals surface area contributed by atoms with E-state index >= 15 is 0 Å². The van der Waals surface area contributed by atoms with Crippen LogP contribution in [0.1, 0.15) is 27.2 Å². The Labute approximate surface area is 142 Å². The van der Waals surface area contributed by atoms with Gasteiger partial charge in [0.15, 0.2) is 0 Å². The van der Waals surface area contributed by atoms with Gasteiger partial charge < -0.3 is 10.1 Å². The molecule has 0 saturated carbocycles. The van der Waals surface area contributed by atoms with Gasteiger partial charge in [-0.1, -0.05) is 39.0 Å². The summed E-state index contributed by atoms with van der Waals surface area (Å²) in [4.78, 5) is 23.9. The Bertz CT molecular complexity index is 694. The van der Waals surface area contributed by atoms with Gasteiger partial charge >= 0.3 is 6.09 Å². The van der Waals surface area contributed by atoms with Crippen molar-refractivity contribution in [2.24, 2.45) is 5.41 Å². The van der Waals surface area contributed by atoms with Gasteiger partial charge in [0.05, 0.1) is 0 Å². The Balaban J connectivity index is 1.92. The average Bonchev–Trinajstić information content (AvgIpc) is 2.57. The van der Waals surface area contributed by atoms with Crippen LogP contribution in [0.15, 0.2) is 54.6 Å². The third kappa shape index (κ3) is 4.84. The van der Waals surface area contributed by atoms with E-state index in [0.29, 0.717) is 17.1 Å². The first-order chi connectivity index (χ1) is 11.4. The second-order valence-electron chi connectivity index (χ2n) is 6.10. The highest BCUT2D eigenvalue weighted by Gasteiger charge is 2.25. The first-order valence-corrected chi connectivity index (χ1v) is 7.86. The van der Waals surface area contributed by atoms with E-state index in [0.717, 1.165) is 6.42 Å². The number of nitrogens with one attached hydrogen (secondary N) is 2. The van der Waals surface area contributed by atoms with E-state index in [-0.39, 0.29) is 5.91 Å². The van der Waals surface area contributed by atoms with Crippen molar-refractivity contribution in [3.05, 3.63) is 54.6 Å². The van der Waals surface area contributed by atoms with E-state index in [9.17, 15) is 9.59 Å². The quantitative estimate of drug-likeness (QED) is 0.839. The molecule has 0 radical (unpaired) electrons. The van der Waals surface area contributed by atoms with E-state index in [1.165, 1.54) is 0 Å². The molecule has 0 bridgehead atoms. The minimum atomic E-state index is -0.565. The number of ether oxygens (including phenoxy) is 1. The number of benzene rings is 2. The summed E-state index contributed by atoms with van der Waals surface area (Å²) in [6.45, 7) is 5.77. The van der Waals surface area contributed by atoms with Crippen LogP contribution in [-0.4, -0.2) is 12.0 Å². The fraction of sp³-hybridized carbons (Fsp3) is 0.263. The van der Waals surface area contributed by atoms with Gasteiger partial charge in [-0.2, -0.15) is 0 Å². The van der Waals surface area contributed by atoms with Crippen molar-refractivity contribution in [1.29, 1.82) is 0 Å². The van der Waals surface area contributed by atoms with Crippen LogP contribution in [0.25, 0.3) is 0 Å². The highest BCUT2D eigenvalue weighted by molar-refractivity contribution is 5.94. The smallest absolute Gasteiger partial charge is 0.410 e. The fourth-order valence-electron chi connectivity index (χ4n) is 1.84. The molecule has 0 saturated heterocycles. The second-order valence-corrected chi connectivity index (χ2v) is 6.10. The molecule has 0 spiro atoms. The van der Waals surface area contributed by atoms with E-state index in [1.54, 1.807) is 36.4 Å². The van der Waals surface area contributed by atoms with Gasteiger partial charge in [-0.3, -0.25) is 10.1 Å². The maximum absolute atomic E-state index is 12.1. The molecule has 0 atom stereocenters. The molecule has 2 rings (SSSR count). The lowest BCUT2D eigenvalue weighted by Crippen LogP contribution is -2.29. The third-order valence-electron chi connectivity index (χ3n) is 3.84. The molecule has 0 aliphatic heterocycles. The molecule has 0 fully saturated rings. The summed E-state index contributed by atoms with van der Waals surface area (Å²) in [6, 6.07) is 15.7. The molecule has 2 aromatic rings. The van der Waals surface area contributed by atoms with E-state index in [1.807, 2.05) is 39.0 Å². The van der Waals surface area contributed by atoms with Crippen LogP contribution in [0.2, 0.25) is 0 Å². The number of hydrogen-bond donors (Lipinski definition) is 2. The van der Waals surface area contributed by atoms with Gasteiger partial charge in [0.2, 0.25) is 5.91 Å². The molecule has 2 amide bonds. The summed E-state index contributed by atoms with van der Waals surface area (Å²) in [5.41, 5.74) is 0.899. The number of para-hydroxylation sites is 1. The number of carbonyl (C=O) groups is 2. The summed E-state index contributed by atoms with van der Waals surface area (Å²) < 4.78 is 5.20. The van der Waals surface area contributed by atoms with E-state index < -0.39 is 11.5 Å². The standard InChI is InChI=1S/C19H22N2O3/c1-4-19(2,3)17(22)20-15-10-12-16(13-11-15)24-18(23)21-14-8-6-5-7-9-14/h5-13H,4H2,1-3H3,(H,20,22)(H,21,23). The fourth-order valence-corrected chi connectivity index (χ4v) is 1.84. The van der Waals surface area contributed by atoms with Crippen molar-refractivity contribution >= 4 is 23.4 Å². The zero-order valence-corrected chi connectivity index (χ0v) is 14.1. The van der Waals surface area contributed by atoms with Gasteiger partial charge in [-0.15, -0.1) is 0 Å². The number of carbonyl (C=O) groups excluding carboxylic acids is 2. The summed E-state index contributed by atoms with van der Waals surface area (Å²) >= 11 is 0. The maximum atomic E-state index is 12.1. The van der Waals surface area contributed by atoms with Gasteiger partial charge in [-0.25, -0.2) is 4.79 Å². The number of rotatable bonds is 5. The van der Waals surface area contributed by atoms with Crippen molar-refractivity contribution in [3.8, 4) is 5.75 Å². The van der Waals surface area contributed by atoms with Crippen LogP contribution in [0.3, 0.4) is 0 Å². The zero-order chi connectivity index (χ0) is 17.6. The second kappa shape index (κ2) is 7.64. The van der Waals surface area contributed by atoms with Crippen LogP contribution < -0.4 is 15.4 Å². The minimum Gasteiger partial charge on any atom is -0.410 e. The molecule has 2 aromatic carbocycles. The summed E-state index contributed by atoms with van der Waals surface area (Å²) in [5.74, 6) is 0.358. The number of anilines is 2. The Morgan fingerprint density at radius 3 is 2.08 bits per heavy atom. The summed E-state index contributed by atoms with van der Waals surface area (Å²) in [6.07, 6.45) is 0.185. The van der Waals surface area contributed by atoms with E-state index in [2.05, 4.69) is 10.6 Å². The summed E-state index contributed by atoms with van der Waals surface area (Å²) in [7, 11) is 0. The van der Waals surface area contributed by atoms with Crippen molar-refractivity contribution in [2.45, 2.75) is 27.2 Å². The van der Waals surface area contributed by atoms with Crippen LogP contribution in [0.5, 0.6) is 5.75 Å². The molecule has 0 aromatic heterocycles. The van der Waals surface area contributed by atoms with Gasteiger partial charge in [0, 0.05) is 16.8 Å². The maximum Gasteiger partial charge on any atom is 0.417 e. The van der Waals surface area contributed by atoms with Crippen LogP contribution in [0, 0.1) is 5.41 Å². The topological polar surface area (TPSA) is 67.4 Å². The zero-order valence-electron chi connectivity index (χ0n) is 14.1. The minimum absolute atomic E-state index is 0.0412. The SMILES string of the molecule is CCC(C)(C)C(=O)Nc1ccc(OC(=O)Nc2ccccc2)cc1. The molecule has 24 heavy (non-hydrogen) atoms. The number of hydrogen-bond acceptors (Lipinski definition) is 3. The van der Waals surface area contributed by atoms with Crippen molar-refractivity contribution in [1.82, 2.24) is 0 Å². The molecule has 2 N–H and O–H groups in total. The molecule has 126 valence electrons. The highest BCUT2D eigenvalue weighted by Crippen LogP contribution is 2.23. The van der Waals surface area contributed by atoms with Crippen LogP contribution in [0.4, 0.5) is 16.2 Å². The van der Waals surface area contributed by atoms with Crippen LogP contribution >= 0.6 is 0 Å². The predicted molar refractivity (Wildman–Crippen MR) is 95.2 cm³/mol. The Morgan fingerprint density at radius 1 is 0.917 bits per heavy atom. The first kappa shape index (κ1) is 17.5. The molecule has 0 aliphatic carbocycles. The highest BCUT2D eigenvalue weighted by atomic mass is 16.6. The monoisotopic (exact) mass is 326 g/mol. The van der Waals surface area contributed by atoms with Crippen LogP contribution in [-0.2, 0) is 4.79 Å². The molecule has 0 heterocycles. The largest absolute Gasteiger partial charge is 0.417 e. The number of amides is 2. The lowest BCUT2D eigenvalue weighted by molar-refractivity contribution is -0.124. The Hall–Kier alpha value is -2.82. The third-order valence-corrected chi connectivity index (χ3v) is 3.84. The lowest BCUT2D eigenvalue weighted by Gasteiger charge is -2.21. The lowest BCUT2D eigenvalue weighted by atomic mass is 9.89. The van der Waals surface area contributed by atoms with E-state index in [4.69, 9.17) is 4.74 Å². The van der Waals surface area contributed by atoms with Gasteiger partial charge in [0.1, 0.15) is 5.75 Å². The average molecular weight is 326 g/mol. The Kier molecular flexibility index (Phi) is 5.58. The molecule has 5 nitrogen and oxygen atoms in total. The normalized spacial score (nSPS) is 10.8. The molecule has 0 unspecified atom stereocenters. The van der Waals surface area contributed by atoms with Gasteiger partial charge in [-0.05, 0) is 42.8 Å². The molecule has 0 aliphatic rings. The predicted octanol–water partition coefficient (Wildman–Crippen LogP) is 4.67. The molecular weight excluding hydrogens is 304 g/mol. The molecule has 5 heteroatoms. The first-order valence-electron chi connectivity index (χ1n) is 7.86.